The molecule has 0 unspecified atom stereocenters. The van der Waals surface area contributed by atoms with Gasteiger partial charge in [0, 0.05) is 5.33 Å². The SMILES string of the molecule is CCCCCCCCC/C=C/CBr. The lowest BCUT2D eigenvalue weighted by atomic mass is 10.1. The topological polar surface area (TPSA) is 0 Å². The van der Waals surface area contributed by atoms with Crippen LogP contribution in [0.3, 0.4) is 0 Å². The van der Waals surface area contributed by atoms with Crippen LogP contribution in [0.15, 0.2) is 12.2 Å². The summed E-state index contributed by atoms with van der Waals surface area (Å²) in [5.41, 5.74) is 0. The van der Waals surface area contributed by atoms with Crippen molar-refractivity contribution >= 4 is 15.9 Å². The fraction of sp³-hybridized carbons (Fsp3) is 0.833. The number of alkyl halides is 1. The molecule has 0 aromatic rings. The second-order valence-electron chi connectivity index (χ2n) is 3.54. The van der Waals surface area contributed by atoms with Gasteiger partial charge in [0.2, 0.25) is 0 Å². The van der Waals surface area contributed by atoms with Crippen LogP contribution in [-0.2, 0) is 0 Å². The Bertz CT molecular complexity index is 108. The zero-order valence-corrected chi connectivity index (χ0v) is 10.5. The molecule has 0 saturated heterocycles. The van der Waals surface area contributed by atoms with E-state index in [1.165, 1.54) is 51.4 Å². The van der Waals surface area contributed by atoms with E-state index < -0.39 is 0 Å². The molecule has 0 aromatic heterocycles. The average molecular weight is 247 g/mol. The van der Waals surface area contributed by atoms with Crippen LogP contribution in [0.2, 0.25) is 0 Å². The Morgan fingerprint density at radius 1 is 0.846 bits per heavy atom. The van der Waals surface area contributed by atoms with Gasteiger partial charge in [-0.3, -0.25) is 0 Å². The van der Waals surface area contributed by atoms with Crippen molar-refractivity contribution in [3.05, 3.63) is 12.2 Å². The highest BCUT2D eigenvalue weighted by Gasteiger charge is 1.88. The summed E-state index contributed by atoms with van der Waals surface area (Å²) in [6, 6.07) is 0. The van der Waals surface area contributed by atoms with Crippen molar-refractivity contribution in [1.82, 2.24) is 0 Å². The quantitative estimate of drug-likeness (QED) is 0.303. The second kappa shape index (κ2) is 12.2. The molecule has 13 heavy (non-hydrogen) atoms. The summed E-state index contributed by atoms with van der Waals surface area (Å²) in [7, 11) is 0. The van der Waals surface area contributed by atoms with E-state index in [-0.39, 0.29) is 0 Å². The smallest absolute Gasteiger partial charge is 0.0212 e. The first-order valence-electron chi connectivity index (χ1n) is 5.62. The molecule has 0 amide bonds. The lowest BCUT2D eigenvalue weighted by Crippen LogP contribution is -1.78. The van der Waals surface area contributed by atoms with Gasteiger partial charge in [0.15, 0.2) is 0 Å². The van der Waals surface area contributed by atoms with Crippen LogP contribution in [0.5, 0.6) is 0 Å². The molecule has 0 bridgehead atoms. The number of unbranched alkanes of at least 4 members (excludes halogenated alkanes) is 7. The molecule has 0 aliphatic rings. The summed E-state index contributed by atoms with van der Waals surface area (Å²) < 4.78 is 0. The molecule has 0 rings (SSSR count). The molecule has 0 fully saturated rings. The van der Waals surface area contributed by atoms with E-state index in [0.29, 0.717) is 0 Å². The third-order valence-corrected chi connectivity index (χ3v) is 2.60. The van der Waals surface area contributed by atoms with E-state index in [0.717, 1.165) is 5.33 Å². The van der Waals surface area contributed by atoms with E-state index >= 15 is 0 Å². The highest BCUT2D eigenvalue weighted by atomic mass is 79.9. The van der Waals surface area contributed by atoms with Crippen LogP contribution in [0.25, 0.3) is 0 Å². The predicted octanol–water partition coefficient (Wildman–Crippen LogP) is 5.08. The van der Waals surface area contributed by atoms with Gasteiger partial charge in [-0.2, -0.15) is 0 Å². The predicted molar refractivity (Wildman–Crippen MR) is 65.5 cm³/mol. The van der Waals surface area contributed by atoms with Crippen molar-refractivity contribution in [3.8, 4) is 0 Å². The third kappa shape index (κ3) is 12.2. The molecule has 0 N–H and O–H groups in total. The van der Waals surface area contributed by atoms with Gasteiger partial charge in [-0.15, -0.1) is 0 Å². The van der Waals surface area contributed by atoms with Crippen LogP contribution in [0.4, 0.5) is 0 Å². The molecule has 0 aromatic carbocycles. The average Bonchev–Trinajstić information content (AvgIpc) is 2.16. The van der Waals surface area contributed by atoms with Gasteiger partial charge in [0.25, 0.3) is 0 Å². The maximum atomic E-state index is 3.37. The first kappa shape index (κ1) is 13.2. The molecule has 0 saturated carbocycles. The monoisotopic (exact) mass is 246 g/mol. The fourth-order valence-electron chi connectivity index (χ4n) is 1.40. The third-order valence-electron chi connectivity index (χ3n) is 2.23. The highest BCUT2D eigenvalue weighted by Crippen LogP contribution is 2.08. The normalized spacial score (nSPS) is 11.2. The second-order valence-corrected chi connectivity index (χ2v) is 4.18. The Hall–Kier alpha value is 0.220. The van der Waals surface area contributed by atoms with Gasteiger partial charge >= 0.3 is 0 Å². The van der Waals surface area contributed by atoms with Crippen molar-refractivity contribution < 1.29 is 0 Å². The minimum Gasteiger partial charge on any atom is -0.0883 e. The largest absolute Gasteiger partial charge is 0.0883 e. The summed E-state index contributed by atoms with van der Waals surface area (Å²) in [5.74, 6) is 0. The van der Waals surface area contributed by atoms with Crippen LogP contribution in [0, 0.1) is 0 Å². The summed E-state index contributed by atoms with van der Waals surface area (Å²) in [4.78, 5) is 0. The summed E-state index contributed by atoms with van der Waals surface area (Å²) in [5, 5.41) is 1.00. The van der Waals surface area contributed by atoms with Crippen molar-refractivity contribution in [2.24, 2.45) is 0 Å². The molecular formula is C12H23Br. The van der Waals surface area contributed by atoms with Gasteiger partial charge in [-0.05, 0) is 12.8 Å². The molecule has 0 radical (unpaired) electrons. The molecule has 0 nitrogen and oxygen atoms in total. The molecule has 0 aliphatic carbocycles. The molecule has 0 spiro atoms. The van der Waals surface area contributed by atoms with E-state index in [2.05, 4.69) is 35.0 Å². The van der Waals surface area contributed by atoms with Crippen molar-refractivity contribution in [3.63, 3.8) is 0 Å². The minimum atomic E-state index is 1.00. The summed E-state index contributed by atoms with van der Waals surface area (Å²) >= 11 is 3.37. The van der Waals surface area contributed by atoms with Crippen molar-refractivity contribution in [2.75, 3.05) is 5.33 Å². The van der Waals surface area contributed by atoms with E-state index in [1.807, 2.05) is 0 Å². The summed E-state index contributed by atoms with van der Waals surface area (Å²) in [6.45, 7) is 2.27. The number of rotatable bonds is 9. The Morgan fingerprint density at radius 2 is 1.46 bits per heavy atom. The van der Waals surface area contributed by atoms with E-state index in [9.17, 15) is 0 Å². The van der Waals surface area contributed by atoms with Crippen molar-refractivity contribution in [2.45, 2.75) is 58.3 Å². The zero-order chi connectivity index (χ0) is 9.78. The lowest BCUT2D eigenvalue weighted by Gasteiger charge is -1.98. The van der Waals surface area contributed by atoms with Crippen LogP contribution in [-0.4, -0.2) is 5.33 Å². The Morgan fingerprint density at radius 3 is 2.08 bits per heavy atom. The minimum absolute atomic E-state index is 1.00. The molecule has 0 aliphatic heterocycles. The number of hydrogen-bond donors (Lipinski definition) is 0. The Labute approximate surface area is 91.9 Å². The number of halogens is 1. The number of hydrogen-bond acceptors (Lipinski definition) is 0. The van der Waals surface area contributed by atoms with E-state index in [4.69, 9.17) is 0 Å². The van der Waals surface area contributed by atoms with Gasteiger partial charge in [-0.1, -0.05) is 73.5 Å². The van der Waals surface area contributed by atoms with Gasteiger partial charge in [-0.25, -0.2) is 0 Å². The van der Waals surface area contributed by atoms with Crippen molar-refractivity contribution in [1.29, 1.82) is 0 Å². The summed E-state index contributed by atoms with van der Waals surface area (Å²) in [6.07, 6.45) is 15.6. The standard InChI is InChI=1S/C12H23Br/c1-2-3-4-5-6-7-8-9-10-11-12-13/h10-11H,2-9,12H2,1H3/b11-10+. The molecular weight excluding hydrogens is 224 g/mol. The maximum Gasteiger partial charge on any atom is 0.0212 e. The molecule has 1 heteroatoms. The van der Waals surface area contributed by atoms with E-state index in [1.54, 1.807) is 0 Å². The maximum absolute atomic E-state index is 3.37. The van der Waals surface area contributed by atoms with Crippen LogP contribution in [0.1, 0.15) is 58.3 Å². The zero-order valence-electron chi connectivity index (χ0n) is 8.90. The van der Waals surface area contributed by atoms with Gasteiger partial charge in [0.1, 0.15) is 0 Å². The molecule has 78 valence electrons. The van der Waals surface area contributed by atoms with Crippen LogP contribution < -0.4 is 0 Å². The van der Waals surface area contributed by atoms with Gasteiger partial charge in [0.05, 0.1) is 0 Å². The Balaban J connectivity index is 2.87. The Kier molecular flexibility index (Phi) is 12.4. The lowest BCUT2D eigenvalue weighted by molar-refractivity contribution is 0.592. The molecule has 0 atom stereocenters. The molecule has 0 heterocycles. The first-order valence-corrected chi connectivity index (χ1v) is 6.75. The first-order chi connectivity index (χ1) is 6.41. The van der Waals surface area contributed by atoms with Crippen LogP contribution >= 0.6 is 15.9 Å². The number of allylic oxidation sites excluding steroid dienone is 2. The van der Waals surface area contributed by atoms with Gasteiger partial charge < -0.3 is 0 Å². The fourth-order valence-corrected chi connectivity index (χ4v) is 1.66. The highest BCUT2D eigenvalue weighted by molar-refractivity contribution is 9.09.